The molecule has 23 heteroatoms. The fourth-order valence-electron chi connectivity index (χ4n) is 5.28. The highest BCUT2D eigenvalue weighted by Crippen LogP contribution is 2.27. The van der Waals surface area contributed by atoms with Crippen LogP contribution in [-0.4, -0.2) is 219 Å². The molecular weight excluding hydrogens is 756 g/mol. The maximum absolute atomic E-state index is 12.7. The summed E-state index contributed by atoms with van der Waals surface area (Å²) >= 11 is 0. The number of nitrogens with zero attached hydrogens (tertiary/aromatic N) is 4. The Balaban J connectivity index is 1.40. The first-order valence-electron chi connectivity index (χ1n) is 17.3. The average molecular weight is 809 g/mol. The predicted molar refractivity (Wildman–Crippen MR) is 184 cm³/mol. The molecule has 2 aliphatic rings. The molecule has 0 radical (unpaired) electrons. The molecule has 9 N–H and O–H groups in total. The van der Waals surface area contributed by atoms with Crippen LogP contribution >= 0.6 is 0 Å². The Morgan fingerprint density at radius 3 is 1.16 bits per heavy atom. The zero-order valence-corrected chi connectivity index (χ0v) is 31.5. The summed E-state index contributed by atoms with van der Waals surface area (Å²) in [5.41, 5.74) is 1.08. The fraction of sp³-hybridized carbons (Fsp3) is 0.697. The third-order valence-electron chi connectivity index (χ3n) is 9.02. The second-order valence-electron chi connectivity index (χ2n) is 13.5. The largest absolute Gasteiger partial charge is 0.507 e. The summed E-state index contributed by atoms with van der Waals surface area (Å²) in [6.07, 6.45) is -19.7. The van der Waals surface area contributed by atoms with Gasteiger partial charge in [-0.2, -0.15) is 0 Å². The molecule has 3 rings (SSSR count). The number of carbonyl (C=O) groups is 4. The number of hydrogen-bond donors (Lipinski definition) is 9. The van der Waals surface area contributed by atoms with Crippen LogP contribution in [0.2, 0.25) is 0 Å². The topological polar surface area (TPSA) is 319 Å². The smallest absolute Gasteiger partial charge is 0.409 e. The minimum Gasteiger partial charge on any atom is -0.507 e. The molecule has 2 heterocycles. The summed E-state index contributed by atoms with van der Waals surface area (Å²) in [7, 11) is 5.56. The molecule has 0 bridgehead atoms. The van der Waals surface area contributed by atoms with Crippen LogP contribution in [0.1, 0.15) is 16.7 Å². The SMILES string of the molecule is Cc1cc(COC(=O)N(C)CCN(C)C(=O)OCC2O[C@@H](O)C(O)[C@@H](O)[C@@H]2O)c(O)c(COC(=O)N(C)CCN(C)C(=O)OCC2O[C@@H](O)C(O)[C@@H](O)[C@@H]2O)c1. The molecule has 0 spiro atoms. The van der Waals surface area contributed by atoms with E-state index in [0.29, 0.717) is 5.56 Å². The van der Waals surface area contributed by atoms with Gasteiger partial charge in [0.05, 0.1) is 0 Å². The predicted octanol–water partition coefficient (Wildman–Crippen LogP) is -3.43. The van der Waals surface area contributed by atoms with Gasteiger partial charge in [-0.15, -0.1) is 0 Å². The van der Waals surface area contributed by atoms with Crippen LogP contribution in [0.15, 0.2) is 12.1 Å². The number of aromatic hydroxyl groups is 1. The Bertz CT molecular complexity index is 1390. The van der Waals surface area contributed by atoms with Crippen LogP contribution in [0.25, 0.3) is 0 Å². The van der Waals surface area contributed by atoms with Gasteiger partial charge in [0, 0.05) is 65.5 Å². The maximum Gasteiger partial charge on any atom is 0.409 e. The number of hydrogen-bond acceptors (Lipinski definition) is 19. The fourth-order valence-corrected chi connectivity index (χ4v) is 5.28. The van der Waals surface area contributed by atoms with E-state index in [0.717, 1.165) is 19.6 Å². The first-order chi connectivity index (χ1) is 26.2. The van der Waals surface area contributed by atoms with Crippen molar-refractivity contribution in [2.24, 2.45) is 0 Å². The average Bonchev–Trinajstić information content (AvgIpc) is 3.17. The molecule has 0 saturated carbocycles. The van der Waals surface area contributed by atoms with Gasteiger partial charge in [-0.1, -0.05) is 5.56 Å². The van der Waals surface area contributed by atoms with E-state index in [1.54, 1.807) is 19.1 Å². The number of carbonyl (C=O) groups excluding carboxylic acids is 4. The zero-order valence-electron chi connectivity index (χ0n) is 31.5. The molecule has 318 valence electrons. The summed E-state index contributed by atoms with van der Waals surface area (Å²) in [5.74, 6) is -0.283. The number of aliphatic hydroxyl groups excluding tert-OH is 8. The number of phenolic OH excluding ortho intramolecular Hbond substituents is 1. The summed E-state index contributed by atoms with van der Waals surface area (Å²) in [4.78, 5) is 54.6. The van der Waals surface area contributed by atoms with Crippen LogP contribution in [0.5, 0.6) is 5.75 Å². The molecule has 0 aliphatic carbocycles. The summed E-state index contributed by atoms with van der Waals surface area (Å²) in [6, 6.07) is 3.14. The van der Waals surface area contributed by atoms with Gasteiger partial charge in [0.1, 0.15) is 81.0 Å². The lowest BCUT2D eigenvalue weighted by atomic mass is 9.99. The Hall–Kier alpha value is -4.30. The number of aliphatic hydroxyl groups is 8. The number of phenols is 1. The Morgan fingerprint density at radius 2 is 0.839 bits per heavy atom. The van der Waals surface area contributed by atoms with Crippen LogP contribution < -0.4 is 0 Å². The van der Waals surface area contributed by atoms with Crippen LogP contribution in [0, 0.1) is 6.92 Å². The van der Waals surface area contributed by atoms with Crippen molar-refractivity contribution < 1.29 is 93.6 Å². The van der Waals surface area contributed by atoms with Crippen molar-refractivity contribution in [1.82, 2.24) is 19.6 Å². The van der Waals surface area contributed by atoms with Gasteiger partial charge in [-0.05, 0) is 19.1 Å². The van der Waals surface area contributed by atoms with Gasteiger partial charge in [-0.3, -0.25) is 0 Å². The van der Waals surface area contributed by atoms with Crippen molar-refractivity contribution in [2.45, 2.75) is 81.5 Å². The lowest BCUT2D eigenvalue weighted by Gasteiger charge is -2.38. The van der Waals surface area contributed by atoms with Gasteiger partial charge in [0.2, 0.25) is 0 Å². The van der Waals surface area contributed by atoms with E-state index in [-0.39, 0.29) is 56.3 Å². The van der Waals surface area contributed by atoms with E-state index < -0.39 is 99.0 Å². The molecule has 0 aromatic heterocycles. The highest BCUT2D eigenvalue weighted by atomic mass is 16.7. The van der Waals surface area contributed by atoms with Gasteiger partial charge >= 0.3 is 24.4 Å². The normalized spacial score (nSPS) is 27.4. The lowest BCUT2D eigenvalue weighted by Crippen LogP contribution is -2.58. The Kier molecular flexibility index (Phi) is 17.1. The van der Waals surface area contributed by atoms with E-state index in [1.807, 2.05) is 0 Å². The molecule has 2 saturated heterocycles. The molecule has 4 unspecified atom stereocenters. The van der Waals surface area contributed by atoms with Crippen LogP contribution in [-0.2, 0) is 41.6 Å². The lowest BCUT2D eigenvalue weighted by molar-refractivity contribution is -0.286. The molecule has 2 fully saturated rings. The minimum atomic E-state index is -1.79. The molecule has 1 aromatic carbocycles. The van der Waals surface area contributed by atoms with Crippen molar-refractivity contribution >= 4 is 24.4 Å². The number of rotatable bonds is 14. The summed E-state index contributed by atoms with van der Waals surface area (Å²) in [5, 5.41) is 88.7. The molecule has 56 heavy (non-hydrogen) atoms. The monoisotopic (exact) mass is 808 g/mol. The molecule has 4 amide bonds. The number of likely N-dealkylation sites (N-methyl/N-ethyl adjacent to an activating group) is 4. The number of benzene rings is 1. The first-order valence-corrected chi connectivity index (χ1v) is 17.3. The molecule has 2 aliphatic heterocycles. The second-order valence-corrected chi connectivity index (χ2v) is 13.5. The number of ether oxygens (including phenoxy) is 6. The minimum absolute atomic E-state index is 0.0105. The Labute approximate surface area is 321 Å². The molecule has 1 aromatic rings. The van der Waals surface area contributed by atoms with Crippen molar-refractivity contribution in [1.29, 1.82) is 0 Å². The first kappa shape index (κ1) is 46.1. The molecule has 23 nitrogen and oxygen atoms in total. The second kappa shape index (κ2) is 20.7. The van der Waals surface area contributed by atoms with E-state index >= 15 is 0 Å². The maximum atomic E-state index is 12.7. The number of amides is 4. The summed E-state index contributed by atoms with van der Waals surface area (Å²) < 4.78 is 30.7. The van der Waals surface area contributed by atoms with Crippen molar-refractivity contribution in [3.8, 4) is 5.75 Å². The highest BCUT2D eigenvalue weighted by Gasteiger charge is 2.44. The molecular formula is C33H52N4O19. The van der Waals surface area contributed by atoms with Crippen LogP contribution in [0.3, 0.4) is 0 Å². The highest BCUT2D eigenvalue weighted by molar-refractivity contribution is 5.69. The number of aryl methyl sites for hydroxylation is 1. The molecule has 10 atom stereocenters. The van der Waals surface area contributed by atoms with Crippen molar-refractivity contribution in [3.63, 3.8) is 0 Å². The van der Waals surface area contributed by atoms with E-state index in [9.17, 15) is 65.1 Å². The van der Waals surface area contributed by atoms with E-state index in [2.05, 4.69) is 0 Å². The van der Waals surface area contributed by atoms with Gasteiger partial charge in [0.15, 0.2) is 12.6 Å². The zero-order chi connectivity index (χ0) is 42.0. The Morgan fingerprint density at radius 1 is 0.536 bits per heavy atom. The van der Waals surface area contributed by atoms with Crippen molar-refractivity contribution in [3.05, 3.63) is 28.8 Å². The van der Waals surface area contributed by atoms with Gasteiger partial charge in [-0.25, -0.2) is 19.2 Å². The standard InChI is InChI=1S/C33H52N4O19/c1-16-10-17(12-51-30(47)34(2)6-8-36(4)32(49)53-14-19-22(39)24(41)26(43)28(45)55-19)21(38)18(11-16)13-52-31(48)35(3)7-9-37(5)33(50)54-15-20-23(40)25(42)27(44)29(46)56-20/h10-11,19-20,22-29,38-46H,6-9,12-15H2,1-5H3/t19?,20?,22-,23-,24+,25+,26?,27?,28-,29-/m1/s1. The summed E-state index contributed by atoms with van der Waals surface area (Å²) in [6.45, 7) is -0.156. The van der Waals surface area contributed by atoms with Crippen LogP contribution in [0.4, 0.5) is 19.2 Å². The van der Waals surface area contributed by atoms with Gasteiger partial charge in [0.25, 0.3) is 0 Å². The third-order valence-corrected chi connectivity index (χ3v) is 9.02. The quantitative estimate of drug-likeness (QED) is 0.0826. The van der Waals surface area contributed by atoms with E-state index in [4.69, 9.17) is 28.4 Å². The van der Waals surface area contributed by atoms with Crippen molar-refractivity contribution in [2.75, 3.05) is 67.6 Å². The third kappa shape index (κ3) is 12.3. The van der Waals surface area contributed by atoms with E-state index in [1.165, 1.54) is 28.2 Å². The van der Waals surface area contributed by atoms with Gasteiger partial charge < -0.3 is 94.0 Å².